The van der Waals surface area contributed by atoms with Crippen molar-refractivity contribution in [3.8, 4) is 45.0 Å². The molecule has 4 amide bonds. The van der Waals surface area contributed by atoms with Crippen molar-refractivity contribution in [1.29, 1.82) is 0 Å². The molecule has 3 aromatic heterocycles. The first-order chi connectivity index (χ1) is 51.4. The van der Waals surface area contributed by atoms with Crippen molar-refractivity contribution in [2.75, 3.05) is 83.2 Å². The van der Waals surface area contributed by atoms with Crippen molar-refractivity contribution in [3.63, 3.8) is 0 Å². The van der Waals surface area contributed by atoms with Crippen LogP contribution in [-0.4, -0.2) is 185 Å². The molecule has 12 rings (SSSR count). The molecule has 4 aromatic carbocycles. The number of β-amino-alcohol motifs (C(OH)–C–C–N with tert-alkyl or cyclic N) is 1. The molecule has 4 aliphatic heterocycles. The number of rotatable bonds is 28. The minimum Gasteiger partial charge on any atom is -0.497 e. The highest BCUT2D eigenvalue weighted by Crippen LogP contribution is 2.47. The Morgan fingerprint density at radius 2 is 1.49 bits per heavy atom. The van der Waals surface area contributed by atoms with Crippen molar-refractivity contribution < 1.29 is 74.7 Å². The van der Waals surface area contributed by atoms with Gasteiger partial charge in [-0.3, -0.25) is 24.2 Å². The summed E-state index contributed by atoms with van der Waals surface area (Å²) < 4.78 is 116. The number of likely N-dealkylation sites (tertiary alicyclic amines) is 2. The van der Waals surface area contributed by atoms with Gasteiger partial charge in [0, 0.05) is 88.9 Å². The number of carbonyl (C=O) groups is 4. The van der Waals surface area contributed by atoms with Gasteiger partial charge in [-0.1, -0.05) is 68.8 Å². The molecule has 1 aliphatic carbocycles. The van der Waals surface area contributed by atoms with Crippen molar-refractivity contribution >= 4 is 69.3 Å². The summed E-state index contributed by atoms with van der Waals surface area (Å²) >= 11 is 8.66. The Morgan fingerprint density at radius 3 is 2.10 bits per heavy atom. The number of alkyl halides is 4. The number of nitrogens with one attached hydrogen (secondary N) is 2. The summed E-state index contributed by atoms with van der Waals surface area (Å²) in [4.78, 5) is 83.5. The van der Waals surface area contributed by atoms with Gasteiger partial charge in [0.25, 0.3) is 5.91 Å². The van der Waals surface area contributed by atoms with Gasteiger partial charge in [-0.15, -0.1) is 11.3 Å². The highest BCUT2D eigenvalue weighted by Gasteiger charge is 2.54. The number of carbonyl (C=O) groups excluding carboxylic acids is 4. The number of hydrogen-bond donors (Lipinski definition) is 3. The minimum absolute atomic E-state index is 0.0250. The first-order valence-corrected chi connectivity index (χ1v) is 38.1. The van der Waals surface area contributed by atoms with Crippen molar-refractivity contribution in [3.05, 3.63) is 129 Å². The van der Waals surface area contributed by atoms with Gasteiger partial charge >= 0.3 is 18.3 Å². The Hall–Kier alpha value is -8.70. The summed E-state index contributed by atoms with van der Waals surface area (Å²) in [5.74, 6) is -0.987. The molecule has 2 bridgehead atoms. The summed E-state index contributed by atoms with van der Waals surface area (Å²) in [6, 6.07) is 19.9. The van der Waals surface area contributed by atoms with Gasteiger partial charge in [0.1, 0.15) is 58.7 Å². The summed E-state index contributed by atoms with van der Waals surface area (Å²) in [7, 11) is 3.10. The quantitative estimate of drug-likeness (QED) is 0.0305. The molecule has 2 unspecified atom stereocenters. The largest absolute Gasteiger partial charge is 0.497 e. The Morgan fingerprint density at radius 1 is 0.824 bits per heavy atom. The van der Waals surface area contributed by atoms with Crippen molar-refractivity contribution in [1.82, 2.24) is 45.3 Å². The second kappa shape index (κ2) is 32.9. The Bertz CT molecular complexity index is 4340. The van der Waals surface area contributed by atoms with Gasteiger partial charge < -0.3 is 58.9 Å². The van der Waals surface area contributed by atoms with Gasteiger partial charge in [0.15, 0.2) is 11.5 Å². The van der Waals surface area contributed by atoms with E-state index in [4.69, 9.17) is 50.0 Å². The molecule has 1 saturated carbocycles. The molecule has 0 spiro atoms. The average Bonchev–Trinajstić information content (AvgIpc) is 1.12. The Kier molecular flexibility index (Phi) is 24.0. The van der Waals surface area contributed by atoms with E-state index in [1.54, 1.807) is 90.4 Å². The van der Waals surface area contributed by atoms with Crippen LogP contribution in [0.15, 0.2) is 84.4 Å². The Labute approximate surface area is 634 Å². The summed E-state index contributed by atoms with van der Waals surface area (Å²) in [6.07, 6.45) is -2.21. The molecule has 5 aliphatic rings. The number of aliphatic hydroxyl groups is 1. The van der Waals surface area contributed by atoms with Crippen molar-refractivity contribution in [2.45, 2.75) is 187 Å². The van der Waals surface area contributed by atoms with E-state index in [2.05, 4.69) is 25.5 Å². The highest BCUT2D eigenvalue weighted by molar-refractivity contribution is 7.13. The van der Waals surface area contributed by atoms with E-state index in [1.807, 2.05) is 59.2 Å². The van der Waals surface area contributed by atoms with Crippen LogP contribution in [0.1, 0.15) is 133 Å². The lowest BCUT2D eigenvalue weighted by atomic mass is 9.85. The first kappa shape index (κ1) is 78.9. The fourth-order valence-corrected chi connectivity index (χ4v) is 15.9. The summed E-state index contributed by atoms with van der Waals surface area (Å²) in [5.41, 5.74) is -0.907. The third kappa shape index (κ3) is 18.3. The number of methoxy groups -OCH3 is 2. The van der Waals surface area contributed by atoms with Crippen LogP contribution in [-0.2, 0) is 49.7 Å². The standard InChI is InChI=1S/C79H95ClF5N11O11S/c1-46-34-62(93(39-48-15-23-56(102-9)24-16-48)40-49-17-25-57(103-10)26-18-49)88-67(64(46)79(83,84)85)63-59(80)37-58-66(65(63)81)89-74(91-70(58)94-41-52-21-22-53(42-94)96(52)75(101)107-77(6,7)8)106-44-54-14-11-29-92(54)30-12-31-104-32-13-33-105-61-35-50(68-47(2)87-45-108-68)19-20-51(61)38-86-71(98)60-36-55(97)43-95(60)72(99)69(76(3,4)5)90-73(100)78(82)27-28-78/h15-20,23-26,34-35,37,45,52-55,60,69,97H,11-14,21-22,27-33,36,38-44H2,1-10H3,(H,86,98)(H,90,100)/t52?,53?,54-,55+,60-,69-/m0/s1. The Balaban J connectivity index is 0.732. The molecule has 580 valence electrons. The normalized spacial score (nSPS) is 19.5. The number of nitrogens with zero attached hydrogens (tertiary/aromatic N) is 9. The number of piperazine rings is 1. The molecule has 3 N–H and O–H groups in total. The molecule has 6 atom stereocenters. The maximum Gasteiger partial charge on any atom is 0.418 e. The number of fused-ring (bicyclic) bond motifs is 3. The van der Waals surface area contributed by atoms with Gasteiger partial charge in [-0.25, -0.2) is 23.5 Å². The van der Waals surface area contributed by atoms with Crippen LogP contribution in [0.2, 0.25) is 5.02 Å². The van der Waals surface area contributed by atoms with E-state index in [1.165, 1.54) is 35.3 Å². The lowest BCUT2D eigenvalue weighted by Gasteiger charge is -2.42. The van der Waals surface area contributed by atoms with E-state index in [-0.39, 0.29) is 129 Å². The van der Waals surface area contributed by atoms with Crippen LogP contribution in [0.3, 0.4) is 0 Å². The van der Waals surface area contributed by atoms with E-state index in [0.717, 1.165) is 46.6 Å². The average molecular weight is 1540 g/mol. The van der Waals surface area contributed by atoms with Gasteiger partial charge in [-0.2, -0.15) is 23.1 Å². The smallest absolute Gasteiger partial charge is 0.418 e. The number of anilines is 2. The number of aryl methyl sites for hydroxylation is 2. The van der Waals surface area contributed by atoms with E-state index in [0.29, 0.717) is 68.3 Å². The molecular weight excluding hydrogens is 1440 g/mol. The molecule has 29 heteroatoms. The first-order valence-electron chi connectivity index (χ1n) is 36.8. The number of hydrogen-bond acceptors (Lipinski definition) is 19. The number of benzene rings is 4. The zero-order valence-corrected chi connectivity index (χ0v) is 64.2. The molecule has 22 nitrogen and oxygen atoms in total. The lowest BCUT2D eigenvalue weighted by Crippen LogP contribution is -2.59. The number of pyridine rings is 1. The molecule has 7 heterocycles. The van der Waals surface area contributed by atoms with Crippen LogP contribution < -0.4 is 39.4 Å². The van der Waals surface area contributed by atoms with Crippen LogP contribution in [0.25, 0.3) is 32.6 Å². The summed E-state index contributed by atoms with van der Waals surface area (Å²) in [5, 5.41) is 16.1. The van der Waals surface area contributed by atoms with E-state index in [9.17, 15) is 28.7 Å². The van der Waals surface area contributed by atoms with Crippen LogP contribution >= 0.6 is 22.9 Å². The number of amides is 4. The number of halogens is 6. The summed E-state index contributed by atoms with van der Waals surface area (Å²) in [6.45, 7) is 17.3. The molecule has 108 heavy (non-hydrogen) atoms. The molecule has 0 radical (unpaired) electrons. The predicted molar refractivity (Wildman–Crippen MR) is 401 cm³/mol. The fraction of sp³-hybridized carbons (Fsp3) is 0.519. The second-order valence-corrected chi connectivity index (χ2v) is 32.0. The molecule has 7 aromatic rings. The maximum atomic E-state index is 18.3. The number of thiazole rings is 1. The van der Waals surface area contributed by atoms with Crippen LogP contribution in [0.5, 0.6) is 23.3 Å². The zero-order chi connectivity index (χ0) is 77.1. The van der Waals surface area contributed by atoms with Gasteiger partial charge in [0.2, 0.25) is 11.8 Å². The molecular formula is C79H95ClF5N11O11S. The maximum absolute atomic E-state index is 18.3. The van der Waals surface area contributed by atoms with Gasteiger partial charge in [0.05, 0.1) is 76.9 Å². The predicted octanol–water partition coefficient (Wildman–Crippen LogP) is 13.4. The van der Waals surface area contributed by atoms with Crippen molar-refractivity contribution in [2.24, 2.45) is 5.41 Å². The molecule has 5 fully saturated rings. The van der Waals surface area contributed by atoms with E-state index >= 15 is 17.6 Å². The minimum atomic E-state index is -5.02. The van der Waals surface area contributed by atoms with E-state index < -0.39 is 87.5 Å². The second-order valence-electron chi connectivity index (χ2n) is 30.8. The SMILES string of the molecule is COc1ccc(CN(Cc2ccc(OC)cc2)c2cc(C)c(C(F)(F)F)c(-c3c(Cl)cc4c(N5CC6CCC(C5)N6C(=O)OC(C)(C)C)nc(OC[C@@H]5CCCN5CCCOCCCOc5cc(-c6scnc6C)ccc5CNC(=O)[C@@H]5C[C@@H](O)CN5C(=O)[C@H](NC(=O)C5(F)CC5)C(C)(C)C)nc4c3F)n2)cc1. The monoisotopic (exact) mass is 1540 g/mol. The molecule has 4 saturated heterocycles. The van der Waals surface area contributed by atoms with Crippen LogP contribution in [0, 0.1) is 25.1 Å². The zero-order valence-electron chi connectivity index (χ0n) is 62.6. The number of aliphatic hydroxyl groups excluding tert-OH is 1. The van der Waals surface area contributed by atoms with Gasteiger partial charge in [-0.05, 0) is 156 Å². The third-order valence-corrected chi connectivity index (χ3v) is 21.8. The highest BCUT2D eigenvalue weighted by atomic mass is 35.5. The lowest BCUT2D eigenvalue weighted by molar-refractivity contribution is -0.145. The third-order valence-electron chi connectivity index (χ3n) is 20.5. The van der Waals surface area contributed by atoms with Crippen LogP contribution in [0.4, 0.5) is 38.4 Å². The number of ether oxygens (including phenoxy) is 6. The number of aromatic nitrogens is 4. The topological polar surface area (TPSA) is 236 Å². The fourth-order valence-electron chi connectivity index (χ4n) is 14.8.